The van der Waals surface area contributed by atoms with Gasteiger partial charge in [-0.05, 0) is 19.4 Å². The minimum atomic E-state index is -4.30. The van der Waals surface area contributed by atoms with E-state index in [1.165, 1.54) is 10.8 Å². The van der Waals surface area contributed by atoms with Crippen LogP contribution in [0.15, 0.2) is 27.7 Å². The number of aryl methyl sites for hydroxylation is 2. The van der Waals surface area contributed by atoms with Crippen LogP contribution in [0.25, 0.3) is 0 Å². The Bertz CT molecular complexity index is 626. The van der Waals surface area contributed by atoms with Gasteiger partial charge in [-0.2, -0.15) is 0 Å². The summed E-state index contributed by atoms with van der Waals surface area (Å²) in [7, 11) is -4.30. The molecule has 1 aromatic heterocycles. The molecule has 0 bridgehead atoms. The average molecular weight is 290 g/mol. The van der Waals surface area contributed by atoms with E-state index in [0.29, 0.717) is 11.4 Å². The summed E-state index contributed by atoms with van der Waals surface area (Å²) in [6, 6.07) is 0. The molecule has 0 aliphatic heterocycles. The Morgan fingerprint density at radius 1 is 1.47 bits per heavy atom. The molecule has 19 heavy (non-hydrogen) atoms. The number of aromatic nitrogens is 2. The van der Waals surface area contributed by atoms with Crippen molar-refractivity contribution in [3.05, 3.63) is 44.5 Å². The van der Waals surface area contributed by atoms with Crippen molar-refractivity contribution in [3.63, 3.8) is 0 Å². The zero-order valence-corrected chi connectivity index (χ0v) is 11.1. The van der Waals surface area contributed by atoms with Crippen LogP contribution >= 0.6 is 7.60 Å². The van der Waals surface area contributed by atoms with Crippen molar-refractivity contribution in [3.8, 4) is 0 Å². The van der Waals surface area contributed by atoms with E-state index in [-0.39, 0.29) is 13.0 Å². The van der Waals surface area contributed by atoms with Crippen LogP contribution in [-0.4, -0.2) is 30.5 Å². The Labute approximate surface area is 108 Å². The molecule has 1 atom stereocenters. The number of rotatable bonds is 5. The van der Waals surface area contributed by atoms with Gasteiger partial charge in [-0.15, -0.1) is 0 Å². The summed E-state index contributed by atoms with van der Waals surface area (Å²) in [4.78, 5) is 41.8. The van der Waals surface area contributed by atoms with Gasteiger partial charge in [-0.25, -0.2) is 4.79 Å². The molecular weight excluding hydrogens is 275 g/mol. The summed E-state index contributed by atoms with van der Waals surface area (Å²) in [5, 5.41) is 9.47. The number of aliphatic hydroxyl groups is 1. The highest BCUT2D eigenvalue weighted by atomic mass is 31.2. The van der Waals surface area contributed by atoms with Gasteiger partial charge in [0.2, 0.25) is 0 Å². The van der Waals surface area contributed by atoms with Gasteiger partial charge in [0.15, 0.2) is 0 Å². The highest BCUT2D eigenvalue weighted by Crippen LogP contribution is 2.36. The fourth-order valence-corrected chi connectivity index (χ4v) is 1.79. The number of nitrogens with one attached hydrogen (secondary N) is 1. The lowest BCUT2D eigenvalue weighted by Gasteiger charge is -2.08. The zero-order valence-electron chi connectivity index (χ0n) is 10.2. The van der Waals surface area contributed by atoms with Crippen molar-refractivity contribution >= 4 is 7.60 Å². The molecule has 0 aliphatic carbocycles. The Morgan fingerprint density at radius 3 is 2.68 bits per heavy atom. The van der Waals surface area contributed by atoms with Gasteiger partial charge in [0, 0.05) is 24.1 Å². The second-order valence-electron chi connectivity index (χ2n) is 4.05. The number of hydrogen-bond acceptors (Lipinski definition) is 4. The van der Waals surface area contributed by atoms with Gasteiger partial charge in [0.25, 0.3) is 5.56 Å². The molecule has 0 spiro atoms. The third-order valence-corrected chi connectivity index (χ3v) is 2.92. The van der Waals surface area contributed by atoms with Crippen LogP contribution in [0.1, 0.15) is 12.0 Å². The first-order valence-electron chi connectivity index (χ1n) is 5.42. The van der Waals surface area contributed by atoms with Crippen LogP contribution in [0, 0.1) is 6.92 Å². The first-order valence-corrected chi connectivity index (χ1v) is 7.10. The topological polar surface area (TPSA) is 133 Å². The minimum Gasteiger partial charge on any atom is -0.389 e. The first kappa shape index (κ1) is 15.6. The number of aliphatic hydroxyl groups excluding tert-OH is 1. The molecule has 0 saturated carbocycles. The van der Waals surface area contributed by atoms with Crippen molar-refractivity contribution in [1.82, 2.24) is 9.55 Å². The highest BCUT2D eigenvalue weighted by Gasteiger charge is 2.09. The van der Waals surface area contributed by atoms with Crippen LogP contribution in [0.3, 0.4) is 0 Å². The second kappa shape index (κ2) is 6.12. The molecule has 4 N–H and O–H groups in total. The first-order chi connectivity index (χ1) is 8.69. The summed E-state index contributed by atoms with van der Waals surface area (Å²) in [5.41, 5.74) is -0.704. The lowest BCUT2D eigenvalue weighted by atomic mass is 10.2. The standard InChI is InChI=1S/C10H15N2O6P/c1-7-6-12(10(15)11-9(7)14)4-2-8(13)3-5-19(16,17)18/h3,5-6,8,13H,2,4H2,1H3,(H,11,14,15)(H2,16,17,18)/b5-3+. The molecule has 9 heteroatoms. The molecule has 0 aromatic carbocycles. The molecule has 0 radical (unpaired) electrons. The summed E-state index contributed by atoms with van der Waals surface area (Å²) >= 11 is 0. The van der Waals surface area contributed by atoms with Crippen molar-refractivity contribution in [1.29, 1.82) is 0 Å². The van der Waals surface area contributed by atoms with E-state index in [4.69, 9.17) is 9.79 Å². The molecule has 0 amide bonds. The van der Waals surface area contributed by atoms with Gasteiger partial charge >= 0.3 is 13.3 Å². The van der Waals surface area contributed by atoms with Crippen molar-refractivity contribution < 1.29 is 19.5 Å². The number of aromatic amines is 1. The lowest BCUT2D eigenvalue weighted by Crippen LogP contribution is -2.31. The molecule has 1 unspecified atom stereocenters. The fourth-order valence-electron chi connectivity index (χ4n) is 1.36. The molecule has 0 saturated heterocycles. The smallest absolute Gasteiger partial charge is 0.348 e. The minimum absolute atomic E-state index is 0.0852. The second-order valence-corrected chi connectivity index (χ2v) is 5.53. The summed E-state index contributed by atoms with van der Waals surface area (Å²) in [5.74, 6) is 0.610. The maximum atomic E-state index is 11.4. The van der Waals surface area contributed by atoms with E-state index < -0.39 is 24.9 Å². The van der Waals surface area contributed by atoms with E-state index in [0.717, 1.165) is 6.08 Å². The lowest BCUT2D eigenvalue weighted by molar-refractivity contribution is 0.204. The normalized spacial score (nSPS) is 13.9. The van der Waals surface area contributed by atoms with Crippen molar-refractivity contribution in [2.24, 2.45) is 0 Å². The number of H-pyrrole nitrogens is 1. The maximum absolute atomic E-state index is 11.4. The van der Waals surface area contributed by atoms with Crippen molar-refractivity contribution in [2.75, 3.05) is 0 Å². The third kappa shape index (κ3) is 5.35. The third-order valence-electron chi connectivity index (χ3n) is 2.36. The fraction of sp³-hybridized carbons (Fsp3) is 0.400. The predicted molar refractivity (Wildman–Crippen MR) is 67.9 cm³/mol. The van der Waals surface area contributed by atoms with Gasteiger partial charge in [-0.1, -0.05) is 0 Å². The average Bonchev–Trinajstić information content (AvgIpc) is 2.28. The molecular formula is C10H15N2O6P. The number of hydrogen-bond donors (Lipinski definition) is 4. The maximum Gasteiger partial charge on any atom is 0.348 e. The Kier molecular flexibility index (Phi) is 5.02. The molecule has 0 aliphatic rings. The zero-order chi connectivity index (χ0) is 14.6. The Hall–Kier alpha value is -1.47. The van der Waals surface area contributed by atoms with Crippen molar-refractivity contribution in [2.45, 2.75) is 26.0 Å². The summed E-state index contributed by atoms with van der Waals surface area (Å²) < 4.78 is 11.8. The van der Waals surface area contributed by atoms with E-state index >= 15 is 0 Å². The largest absolute Gasteiger partial charge is 0.389 e. The van der Waals surface area contributed by atoms with Crippen LogP contribution < -0.4 is 11.2 Å². The Morgan fingerprint density at radius 2 is 2.11 bits per heavy atom. The van der Waals surface area contributed by atoms with E-state index in [1.54, 1.807) is 6.92 Å². The number of nitrogens with zero attached hydrogens (tertiary/aromatic N) is 1. The van der Waals surface area contributed by atoms with Crippen LogP contribution in [-0.2, 0) is 11.1 Å². The predicted octanol–water partition coefficient (Wildman–Crippen LogP) is -0.713. The molecule has 1 aromatic rings. The summed E-state index contributed by atoms with van der Waals surface area (Å²) in [6.07, 6.45) is 1.33. The molecule has 1 heterocycles. The van der Waals surface area contributed by atoms with Crippen LogP contribution in [0.5, 0.6) is 0 Å². The van der Waals surface area contributed by atoms with E-state index in [2.05, 4.69) is 4.98 Å². The molecule has 8 nitrogen and oxygen atoms in total. The monoisotopic (exact) mass is 290 g/mol. The quantitative estimate of drug-likeness (QED) is 0.529. The van der Waals surface area contributed by atoms with E-state index in [9.17, 15) is 19.3 Å². The molecule has 0 fully saturated rings. The SMILES string of the molecule is Cc1cn(CCC(O)/C=C/P(=O)(O)O)c(=O)[nH]c1=O. The highest BCUT2D eigenvalue weighted by molar-refractivity contribution is 7.55. The van der Waals surface area contributed by atoms with Gasteiger partial charge in [0.05, 0.1) is 6.10 Å². The Balaban J connectivity index is 2.70. The van der Waals surface area contributed by atoms with E-state index in [1.807, 2.05) is 0 Å². The van der Waals surface area contributed by atoms with Gasteiger partial charge in [-0.3, -0.25) is 14.3 Å². The molecule has 106 valence electrons. The van der Waals surface area contributed by atoms with Crippen LogP contribution in [0.2, 0.25) is 0 Å². The van der Waals surface area contributed by atoms with Crippen LogP contribution in [0.4, 0.5) is 0 Å². The summed E-state index contributed by atoms with van der Waals surface area (Å²) in [6.45, 7) is 1.65. The van der Waals surface area contributed by atoms with Gasteiger partial charge < -0.3 is 19.5 Å². The van der Waals surface area contributed by atoms with Gasteiger partial charge in [0.1, 0.15) is 0 Å². The molecule has 1 rings (SSSR count).